The zero-order valence-electron chi connectivity index (χ0n) is 12.6. The smallest absolute Gasteiger partial charge is 0.0263 e. The molecular weight excluding hydrogens is 278 g/mol. The molecule has 0 aromatic heterocycles. The molecule has 112 valence electrons. The highest BCUT2D eigenvalue weighted by Gasteiger charge is 2.18. The SMILES string of the molecule is ClCC1CCCN(CCCc2ccc3ccccc3c2)C1. The highest BCUT2D eigenvalue weighted by Crippen LogP contribution is 2.19. The maximum absolute atomic E-state index is 6.00. The number of halogens is 1. The van der Waals surface area contributed by atoms with Crippen molar-refractivity contribution in [2.24, 2.45) is 5.92 Å². The van der Waals surface area contributed by atoms with Gasteiger partial charge >= 0.3 is 0 Å². The number of piperidine rings is 1. The minimum atomic E-state index is 0.709. The van der Waals surface area contributed by atoms with E-state index in [2.05, 4.69) is 47.4 Å². The molecule has 2 aromatic rings. The Bertz CT molecular complexity index is 581. The van der Waals surface area contributed by atoms with E-state index in [1.807, 2.05) is 0 Å². The second-order valence-electron chi connectivity index (χ2n) is 6.25. The van der Waals surface area contributed by atoms with Crippen LogP contribution in [0.3, 0.4) is 0 Å². The van der Waals surface area contributed by atoms with Gasteiger partial charge in [0.05, 0.1) is 0 Å². The van der Waals surface area contributed by atoms with Crippen molar-refractivity contribution in [2.45, 2.75) is 25.7 Å². The number of fused-ring (bicyclic) bond motifs is 1. The van der Waals surface area contributed by atoms with Crippen molar-refractivity contribution < 1.29 is 0 Å². The third-order valence-electron chi connectivity index (χ3n) is 4.57. The Morgan fingerprint density at radius 2 is 1.95 bits per heavy atom. The zero-order chi connectivity index (χ0) is 14.5. The van der Waals surface area contributed by atoms with Gasteiger partial charge in [-0.15, -0.1) is 11.6 Å². The van der Waals surface area contributed by atoms with Crippen LogP contribution in [0.25, 0.3) is 10.8 Å². The van der Waals surface area contributed by atoms with Crippen molar-refractivity contribution in [3.05, 3.63) is 48.0 Å². The van der Waals surface area contributed by atoms with Gasteiger partial charge in [-0.1, -0.05) is 42.5 Å². The van der Waals surface area contributed by atoms with Crippen LogP contribution in [0, 0.1) is 5.92 Å². The number of alkyl halides is 1. The first-order valence-corrected chi connectivity index (χ1v) is 8.64. The number of benzene rings is 2. The van der Waals surface area contributed by atoms with E-state index in [-0.39, 0.29) is 0 Å². The molecule has 0 amide bonds. The van der Waals surface area contributed by atoms with Crippen LogP contribution in [0.15, 0.2) is 42.5 Å². The fourth-order valence-corrected chi connectivity index (χ4v) is 3.63. The molecule has 1 aliphatic rings. The number of hydrogen-bond donors (Lipinski definition) is 0. The molecule has 0 radical (unpaired) electrons. The largest absolute Gasteiger partial charge is 0.303 e. The predicted molar refractivity (Wildman–Crippen MR) is 92.2 cm³/mol. The lowest BCUT2D eigenvalue weighted by atomic mass is 9.99. The summed E-state index contributed by atoms with van der Waals surface area (Å²) in [4.78, 5) is 2.59. The summed E-state index contributed by atoms with van der Waals surface area (Å²) >= 11 is 6.00. The second-order valence-corrected chi connectivity index (χ2v) is 6.56. The molecule has 1 nitrogen and oxygen atoms in total. The van der Waals surface area contributed by atoms with Crippen molar-refractivity contribution in [2.75, 3.05) is 25.5 Å². The highest BCUT2D eigenvalue weighted by atomic mass is 35.5. The van der Waals surface area contributed by atoms with Crippen LogP contribution in [0.4, 0.5) is 0 Å². The van der Waals surface area contributed by atoms with Crippen molar-refractivity contribution >= 4 is 22.4 Å². The summed E-state index contributed by atoms with van der Waals surface area (Å²) in [5.41, 5.74) is 1.46. The van der Waals surface area contributed by atoms with Crippen molar-refractivity contribution in [3.8, 4) is 0 Å². The summed E-state index contributed by atoms with van der Waals surface area (Å²) in [7, 11) is 0. The van der Waals surface area contributed by atoms with Gasteiger partial charge in [-0.2, -0.15) is 0 Å². The quantitative estimate of drug-likeness (QED) is 0.722. The summed E-state index contributed by atoms with van der Waals surface area (Å²) in [5.74, 6) is 1.53. The van der Waals surface area contributed by atoms with Gasteiger partial charge in [0.2, 0.25) is 0 Å². The van der Waals surface area contributed by atoms with Crippen LogP contribution in [-0.2, 0) is 6.42 Å². The van der Waals surface area contributed by atoms with E-state index in [9.17, 15) is 0 Å². The molecule has 0 N–H and O–H groups in total. The van der Waals surface area contributed by atoms with Crippen LogP contribution < -0.4 is 0 Å². The number of rotatable bonds is 5. The summed E-state index contributed by atoms with van der Waals surface area (Å²) in [6.45, 7) is 3.66. The Labute approximate surface area is 132 Å². The Morgan fingerprint density at radius 3 is 2.81 bits per heavy atom. The molecular formula is C19H24ClN. The Hall–Kier alpha value is -1.05. The van der Waals surface area contributed by atoms with E-state index in [1.165, 1.54) is 61.7 Å². The van der Waals surface area contributed by atoms with Crippen LogP contribution in [-0.4, -0.2) is 30.4 Å². The van der Waals surface area contributed by atoms with Gasteiger partial charge < -0.3 is 4.90 Å². The topological polar surface area (TPSA) is 3.24 Å². The van der Waals surface area contributed by atoms with Crippen molar-refractivity contribution in [1.82, 2.24) is 4.90 Å². The molecule has 2 aromatic carbocycles. The standard InChI is InChI=1S/C19H24ClN/c20-14-17-6-4-12-21(15-17)11-3-5-16-9-10-18-7-1-2-8-19(18)13-16/h1-2,7-10,13,17H,3-6,11-12,14-15H2. The lowest BCUT2D eigenvalue weighted by molar-refractivity contribution is 0.184. The van der Waals surface area contributed by atoms with Gasteiger partial charge in [0.15, 0.2) is 0 Å². The first-order chi connectivity index (χ1) is 10.3. The van der Waals surface area contributed by atoms with Crippen molar-refractivity contribution in [1.29, 1.82) is 0 Å². The lowest BCUT2D eigenvalue weighted by Crippen LogP contribution is -2.36. The minimum Gasteiger partial charge on any atom is -0.303 e. The predicted octanol–water partition coefficient (Wildman–Crippen LogP) is 4.72. The van der Waals surface area contributed by atoms with E-state index < -0.39 is 0 Å². The molecule has 21 heavy (non-hydrogen) atoms. The number of aryl methyl sites for hydroxylation is 1. The zero-order valence-corrected chi connectivity index (χ0v) is 13.4. The number of hydrogen-bond acceptors (Lipinski definition) is 1. The van der Waals surface area contributed by atoms with Gasteiger partial charge in [0, 0.05) is 12.4 Å². The van der Waals surface area contributed by atoms with E-state index in [0.717, 1.165) is 5.88 Å². The monoisotopic (exact) mass is 301 g/mol. The molecule has 1 fully saturated rings. The summed E-state index contributed by atoms with van der Waals surface area (Å²) in [6.07, 6.45) is 5.04. The minimum absolute atomic E-state index is 0.709. The molecule has 1 aliphatic heterocycles. The average molecular weight is 302 g/mol. The molecule has 1 heterocycles. The maximum Gasteiger partial charge on any atom is 0.0263 e. The lowest BCUT2D eigenvalue weighted by Gasteiger charge is -2.31. The Morgan fingerprint density at radius 1 is 1.10 bits per heavy atom. The van der Waals surface area contributed by atoms with Crippen LogP contribution in [0.2, 0.25) is 0 Å². The third-order valence-corrected chi connectivity index (χ3v) is 5.01. The van der Waals surface area contributed by atoms with E-state index in [4.69, 9.17) is 11.6 Å². The van der Waals surface area contributed by atoms with Crippen LogP contribution >= 0.6 is 11.6 Å². The normalized spacial score (nSPS) is 20.0. The van der Waals surface area contributed by atoms with Gasteiger partial charge in [-0.25, -0.2) is 0 Å². The fourth-order valence-electron chi connectivity index (χ4n) is 3.38. The van der Waals surface area contributed by atoms with Crippen molar-refractivity contribution in [3.63, 3.8) is 0 Å². The van der Waals surface area contributed by atoms with Gasteiger partial charge in [0.25, 0.3) is 0 Å². The summed E-state index contributed by atoms with van der Waals surface area (Å²) in [6, 6.07) is 15.5. The first kappa shape index (κ1) is 14.9. The second kappa shape index (κ2) is 7.29. The molecule has 1 atom stereocenters. The van der Waals surface area contributed by atoms with Crippen LogP contribution in [0.5, 0.6) is 0 Å². The summed E-state index contributed by atoms with van der Waals surface area (Å²) < 4.78 is 0. The highest BCUT2D eigenvalue weighted by molar-refractivity contribution is 6.18. The molecule has 2 heteroatoms. The molecule has 0 bridgehead atoms. The fraction of sp³-hybridized carbons (Fsp3) is 0.474. The molecule has 1 unspecified atom stereocenters. The maximum atomic E-state index is 6.00. The summed E-state index contributed by atoms with van der Waals surface area (Å²) in [5, 5.41) is 2.69. The molecule has 0 spiro atoms. The Balaban J connectivity index is 1.52. The molecule has 0 aliphatic carbocycles. The third kappa shape index (κ3) is 3.99. The average Bonchev–Trinajstić information content (AvgIpc) is 2.55. The van der Waals surface area contributed by atoms with E-state index >= 15 is 0 Å². The van der Waals surface area contributed by atoms with Gasteiger partial charge in [0.1, 0.15) is 0 Å². The van der Waals surface area contributed by atoms with Crippen LogP contribution in [0.1, 0.15) is 24.8 Å². The van der Waals surface area contributed by atoms with Gasteiger partial charge in [-0.3, -0.25) is 0 Å². The first-order valence-electron chi connectivity index (χ1n) is 8.11. The molecule has 3 rings (SSSR count). The Kier molecular flexibility index (Phi) is 5.16. The molecule has 0 saturated carbocycles. The van der Waals surface area contributed by atoms with E-state index in [1.54, 1.807) is 0 Å². The number of likely N-dealkylation sites (tertiary alicyclic amines) is 1. The number of nitrogens with zero attached hydrogens (tertiary/aromatic N) is 1. The van der Waals surface area contributed by atoms with Gasteiger partial charge in [-0.05, 0) is 61.0 Å². The van der Waals surface area contributed by atoms with E-state index in [0.29, 0.717) is 5.92 Å². The molecule has 1 saturated heterocycles.